The second kappa shape index (κ2) is 4.69. The van der Waals surface area contributed by atoms with Crippen molar-refractivity contribution >= 4 is 22.6 Å². The van der Waals surface area contributed by atoms with Crippen molar-refractivity contribution in [2.75, 3.05) is 18.1 Å². The first kappa shape index (κ1) is 2.12. The minimum atomic E-state index is -2.20. The predicted octanol–water partition coefficient (Wildman–Crippen LogP) is 1.07. The molecule has 0 rings (SSSR count). The monoisotopic (exact) mass is 189 g/mol. The van der Waals surface area contributed by atoms with Gasteiger partial charge in [-0.1, -0.05) is 22.6 Å². The Balaban J connectivity index is 3.11. The minimum Gasteiger partial charge on any atom is -0.384 e. The molecular weight excluding hydrogens is 179 g/mol. The van der Waals surface area contributed by atoms with Gasteiger partial charge in [-0.3, -0.25) is 0 Å². The molecule has 0 aliphatic rings. The summed E-state index contributed by atoms with van der Waals surface area (Å²) in [5.74, 6) is 0. The molecule has 0 aromatic rings. The lowest BCUT2D eigenvalue weighted by Gasteiger charge is -1.83. The molecule has 1 nitrogen and oxygen atoms in total. The molecule has 0 saturated heterocycles. The van der Waals surface area contributed by atoms with Gasteiger partial charge in [0, 0.05) is 11.5 Å². The molecule has 0 bridgehead atoms. The van der Waals surface area contributed by atoms with Crippen molar-refractivity contribution in [2.45, 2.75) is 0 Å². The van der Waals surface area contributed by atoms with E-state index in [-0.39, 0.29) is 0 Å². The largest absolute Gasteiger partial charge is 0.384 e. The highest BCUT2D eigenvalue weighted by Gasteiger charge is 1.67. The highest BCUT2D eigenvalue weighted by Crippen LogP contribution is 1.76. The fourth-order valence-corrected chi connectivity index (χ4v) is 0.259. The summed E-state index contributed by atoms with van der Waals surface area (Å²) in [5, 5.41) is 0. The number of ether oxygens (including phenoxy) is 1. The Bertz CT molecular complexity index is 62.0. The van der Waals surface area contributed by atoms with Gasteiger partial charge in [-0.25, -0.2) is 0 Å². The van der Waals surface area contributed by atoms with Crippen LogP contribution in [0.2, 0.25) is 0 Å². The van der Waals surface area contributed by atoms with E-state index in [0.29, 0.717) is 6.61 Å². The van der Waals surface area contributed by atoms with Crippen LogP contribution >= 0.6 is 22.6 Å². The average molecular weight is 189 g/mol. The molecule has 2 heteroatoms. The Labute approximate surface area is 50.1 Å². The van der Waals surface area contributed by atoms with Gasteiger partial charge >= 0.3 is 0 Å². The summed E-state index contributed by atoms with van der Waals surface area (Å²) < 4.78 is 24.7. The summed E-state index contributed by atoms with van der Waals surface area (Å²) in [6, 6.07) is 0. The Hall–Kier alpha value is 0.690. The lowest BCUT2D eigenvalue weighted by molar-refractivity contribution is 0.220. The molecule has 0 N–H and O–H groups in total. The molecule has 0 spiro atoms. The number of rotatable bonds is 2. The van der Waals surface area contributed by atoms with E-state index in [2.05, 4.69) is 27.3 Å². The molecule has 0 aliphatic carbocycles. The van der Waals surface area contributed by atoms with Gasteiger partial charge in [-0.05, 0) is 0 Å². The average Bonchev–Trinajstić information content (AvgIpc) is 1.59. The smallest absolute Gasteiger partial charge is 0.0551 e. The van der Waals surface area contributed by atoms with Crippen LogP contribution in [0.15, 0.2) is 0 Å². The lowest BCUT2D eigenvalue weighted by Crippen LogP contribution is -1.84. The Morgan fingerprint density at radius 1 is 2.20 bits per heavy atom. The van der Waals surface area contributed by atoms with Crippen molar-refractivity contribution < 1.29 is 8.85 Å². The summed E-state index contributed by atoms with van der Waals surface area (Å²) in [4.78, 5) is 0. The maximum atomic E-state index is 6.54. The molecular formula is C3H7IO. The van der Waals surface area contributed by atoms with E-state index in [1.807, 2.05) is 0 Å². The minimum absolute atomic E-state index is 0.303. The first-order valence-corrected chi connectivity index (χ1v) is 2.79. The third kappa shape index (κ3) is 4.69. The Morgan fingerprint density at radius 3 is 3.20 bits per heavy atom. The number of methoxy groups -OCH3 is 1. The maximum Gasteiger partial charge on any atom is 0.0551 e. The molecule has 0 amide bonds. The molecule has 0 saturated carbocycles. The topological polar surface area (TPSA) is 9.23 Å². The van der Waals surface area contributed by atoms with Crippen molar-refractivity contribution in [3.63, 3.8) is 0 Å². The van der Waals surface area contributed by atoms with Crippen LogP contribution in [0.4, 0.5) is 0 Å². The van der Waals surface area contributed by atoms with Crippen molar-refractivity contribution in [2.24, 2.45) is 0 Å². The fraction of sp³-hybridized carbons (Fsp3) is 1.00. The molecule has 0 unspecified atom stereocenters. The van der Waals surface area contributed by atoms with Crippen LogP contribution in [0.25, 0.3) is 0 Å². The molecule has 5 heavy (non-hydrogen) atoms. The van der Waals surface area contributed by atoms with Crippen LogP contribution < -0.4 is 0 Å². The highest BCUT2D eigenvalue weighted by molar-refractivity contribution is 14.1. The maximum absolute atomic E-state index is 6.54. The third-order valence-electron chi connectivity index (χ3n) is 0.179. The first-order chi connectivity index (χ1) is 3.56. The van der Waals surface area contributed by atoms with Gasteiger partial charge in [0.1, 0.15) is 0 Å². The standard InChI is InChI=1S/C3H7IO/c1-5-3-2-4/h2-3H2,1H3/i1D3. The van der Waals surface area contributed by atoms with Gasteiger partial charge in [0.05, 0.1) is 10.7 Å². The molecule has 0 heterocycles. The van der Waals surface area contributed by atoms with Gasteiger partial charge in [-0.2, -0.15) is 0 Å². The van der Waals surface area contributed by atoms with E-state index in [1.54, 1.807) is 0 Å². The van der Waals surface area contributed by atoms with Crippen LogP contribution in [0, 0.1) is 0 Å². The van der Waals surface area contributed by atoms with Gasteiger partial charge < -0.3 is 4.74 Å². The Morgan fingerprint density at radius 2 is 3.00 bits per heavy atom. The third-order valence-corrected chi connectivity index (χ3v) is 0.620. The summed E-state index contributed by atoms with van der Waals surface area (Å²) in [6.45, 7) is 0.303. The highest BCUT2D eigenvalue weighted by atomic mass is 127. The Kier molecular flexibility index (Phi) is 1.99. The van der Waals surface area contributed by atoms with Crippen molar-refractivity contribution in [3.8, 4) is 0 Å². The SMILES string of the molecule is [2H]C([2H])([2H])OCCI. The van der Waals surface area contributed by atoms with Crippen molar-refractivity contribution in [3.05, 3.63) is 0 Å². The zero-order valence-electron chi connectivity index (χ0n) is 5.70. The summed E-state index contributed by atoms with van der Waals surface area (Å²) in [5.41, 5.74) is 0. The molecule has 0 radical (unpaired) electrons. The van der Waals surface area contributed by atoms with Crippen LogP contribution in [0.1, 0.15) is 4.11 Å². The quantitative estimate of drug-likeness (QED) is 0.466. The van der Waals surface area contributed by atoms with E-state index >= 15 is 0 Å². The first-order valence-electron chi connectivity index (χ1n) is 2.76. The zero-order chi connectivity index (χ0) is 6.62. The van der Waals surface area contributed by atoms with Crippen molar-refractivity contribution in [1.82, 2.24) is 0 Å². The lowest BCUT2D eigenvalue weighted by atomic mass is 10.9. The fourth-order valence-electron chi connectivity index (χ4n) is 0.0386. The normalized spacial score (nSPS) is 19.8. The van der Waals surface area contributed by atoms with Gasteiger partial charge in [0.25, 0.3) is 0 Å². The molecule has 0 aromatic heterocycles. The summed E-state index contributed by atoms with van der Waals surface area (Å²) >= 11 is 2.05. The van der Waals surface area contributed by atoms with Crippen LogP contribution in [-0.4, -0.2) is 18.1 Å². The van der Waals surface area contributed by atoms with Gasteiger partial charge in [0.15, 0.2) is 0 Å². The number of halogens is 1. The van der Waals surface area contributed by atoms with E-state index < -0.39 is 7.04 Å². The van der Waals surface area contributed by atoms with E-state index in [9.17, 15) is 0 Å². The van der Waals surface area contributed by atoms with Crippen LogP contribution in [-0.2, 0) is 4.74 Å². The van der Waals surface area contributed by atoms with E-state index in [0.717, 1.165) is 4.43 Å². The molecule has 32 valence electrons. The molecule has 0 atom stereocenters. The van der Waals surface area contributed by atoms with E-state index in [4.69, 9.17) is 4.11 Å². The van der Waals surface area contributed by atoms with E-state index in [1.165, 1.54) is 0 Å². The van der Waals surface area contributed by atoms with Crippen LogP contribution in [0.3, 0.4) is 0 Å². The second-order valence-corrected chi connectivity index (χ2v) is 1.62. The molecule has 0 aliphatic heterocycles. The second-order valence-electron chi connectivity index (χ2n) is 0.537. The predicted molar refractivity (Wildman–Crippen MR) is 30.8 cm³/mol. The summed E-state index contributed by atoms with van der Waals surface area (Å²) in [7, 11) is -2.20. The van der Waals surface area contributed by atoms with Crippen LogP contribution in [0.5, 0.6) is 0 Å². The summed E-state index contributed by atoms with van der Waals surface area (Å²) in [6.07, 6.45) is 0. The number of hydrogen-bond acceptors (Lipinski definition) is 1. The zero-order valence-corrected chi connectivity index (χ0v) is 4.86. The van der Waals surface area contributed by atoms with Crippen molar-refractivity contribution in [1.29, 1.82) is 0 Å². The molecule has 0 aromatic carbocycles. The number of hydrogen-bond donors (Lipinski definition) is 0. The van der Waals surface area contributed by atoms with Gasteiger partial charge in [0.2, 0.25) is 0 Å². The molecule has 0 fully saturated rings. The van der Waals surface area contributed by atoms with Gasteiger partial charge in [-0.15, -0.1) is 0 Å². The number of alkyl halides is 1.